The van der Waals surface area contributed by atoms with E-state index in [0.717, 1.165) is 68.9 Å². The quantitative estimate of drug-likeness (QED) is 0.340. The third kappa shape index (κ3) is 3.53. The number of aliphatic hydroxyl groups excluding tert-OH is 1. The number of hydrogen-bond acceptors (Lipinski definition) is 8. The number of pyridine rings is 2. The molecule has 6 rings (SSSR count). The summed E-state index contributed by atoms with van der Waals surface area (Å²) in [6.45, 7) is 1.84. The van der Waals surface area contributed by atoms with Gasteiger partial charge in [-0.25, -0.2) is 9.97 Å². The van der Waals surface area contributed by atoms with Crippen LogP contribution in [-0.4, -0.2) is 56.8 Å². The largest absolute Gasteiger partial charge is 0.396 e. The summed E-state index contributed by atoms with van der Waals surface area (Å²) in [5.41, 5.74) is 4.55. The Kier molecular flexibility index (Phi) is 5.00. The van der Waals surface area contributed by atoms with Gasteiger partial charge in [0.2, 0.25) is 0 Å². The van der Waals surface area contributed by atoms with E-state index in [1.54, 1.807) is 6.20 Å². The fourth-order valence-electron chi connectivity index (χ4n) is 4.53. The van der Waals surface area contributed by atoms with Crippen LogP contribution in [-0.2, 0) is 0 Å². The van der Waals surface area contributed by atoms with Crippen molar-refractivity contribution in [3.05, 3.63) is 48.8 Å². The Morgan fingerprint density at radius 3 is 2.97 bits per heavy atom. The van der Waals surface area contributed by atoms with E-state index >= 15 is 0 Å². The van der Waals surface area contributed by atoms with Crippen molar-refractivity contribution < 1.29 is 5.11 Å². The number of hydrogen-bond donors (Lipinski definition) is 3. The van der Waals surface area contributed by atoms with Crippen LogP contribution in [0, 0.1) is 5.92 Å². The first-order chi connectivity index (χ1) is 16.2. The molecule has 5 heterocycles. The lowest BCUT2D eigenvalue weighted by molar-refractivity contribution is 0.238. The van der Waals surface area contributed by atoms with Gasteiger partial charge in [0, 0.05) is 55.3 Å². The second-order valence-electron chi connectivity index (χ2n) is 8.25. The van der Waals surface area contributed by atoms with Crippen molar-refractivity contribution in [2.24, 2.45) is 5.92 Å². The summed E-state index contributed by atoms with van der Waals surface area (Å²) < 4.78 is 0. The maximum absolute atomic E-state index is 9.69. The van der Waals surface area contributed by atoms with Crippen LogP contribution in [0.3, 0.4) is 0 Å². The molecule has 1 aliphatic heterocycles. The van der Waals surface area contributed by atoms with Crippen molar-refractivity contribution in [1.29, 1.82) is 0 Å². The molecule has 0 aliphatic carbocycles. The van der Waals surface area contributed by atoms with Gasteiger partial charge in [-0.1, -0.05) is 12.1 Å². The summed E-state index contributed by atoms with van der Waals surface area (Å²) in [6.07, 6.45) is 4.56. The van der Waals surface area contributed by atoms with Gasteiger partial charge in [0.1, 0.15) is 11.5 Å². The Morgan fingerprint density at radius 2 is 2.12 bits per heavy atom. The normalized spacial score (nSPS) is 16.3. The van der Waals surface area contributed by atoms with Crippen molar-refractivity contribution in [3.63, 3.8) is 0 Å². The number of nitrogens with one attached hydrogen (secondary N) is 2. The van der Waals surface area contributed by atoms with Crippen LogP contribution in [0.4, 0.5) is 11.5 Å². The number of para-hydroxylation sites is 1. The van der Waals surface area contributed by atoms with Gasteiger partial charge >= 0.3 is 0 Å². The fourth-order valence-corrected chi connectivity index (χ4v) is 5.29. The van der Waals surface area contributed by atoms with Gasteiger partial charge in [-0.3, -0.25) is 9.97 Å². The molecule has 166 valence electrons. The van der Waals surface area contributed by atoms with Crippen LogP contribution in [0.2, 0.25) is 0 Å². The standard InChI is InChI=1S/C24H23N7OS/c1-25-18-5-2-4-16-20-22(28-21(16)18)29-24(30-23(20)31-9-7-14(12-31)13-32)33-15-10-19-17(27-11-15)6-3-8-26-19/h2-6,8,10-11,14,25,32H,7,9,12-13H2,1H3,(H,28,29,30). The van der Waals surface area contributed by atoms with Gasteiger partial charge in [0.05, 0.1) is 27.6 Å². The van der Waals surface area contributed by atoms with Gasteiger partial charge in [-0.05, 0) is 42.4 Å². The Labute approximate surface area is 194 Å². The van der Waals surface area contributed by atoms with Gasteiger partial charge < -0.3 is 20.3 Å². The average molecular weight is 458 g/mol. The number of nitrogens with zero attached hydrogens (tertiary/aromatic N) is 5. The van der Waals surface area contributed by atoms with Crippen molar-refractivity contribution in [2.45, 2.75) is 16.5 Å². The number of aliphatic hydroxyl groups is 1. The number of fused-ring (bicyclic) bond motifs is 4. The highest BCUT2D eigenvalue weighted by Crippen LogP contribution is 2.38. The molecule has 1 fully saturated rings. The van der Waals surface area contributed by atoms with E-state index in [-0.39, 0.29) is 12.5 Å². The molecule has 1 aliphatic rings. The van der Waals surface area contributed by atoms with Crippen molar-refractivity contribution in [3.8, 4) is 0 Å². The van der Waals surface area contributed by atoms with Crippen molar-refractivity contribution in [2.75, 3.05) is 37.0 Å². The first-order valence-electron chi connectivity index (χ1n) is 11.0. The molecule has 3 N–H and O–H groups in total. The van der Waals surface area contributed by atoms with Crippen LogP contribution in [0.25, 0.3) is 33.0 Å². The number of aromatic nitrogens is 5. The second kappa shape index (κ2) is 8.17. The van der Waals surface area contributed by atoms with E-state index in [1.165, 1.54) is 11.8 Å². The van der Waals surface area contributed by atoms with Crippen LogP contribution in [0.15, 0.2) is 58.8 Å². The SMILES string of the molecule is CNc1cccc2c1[nH]c1nc(Sc3cnc4cccnc4c3)nc(N3CCC(CO)C3)c12. The zero-order valence-corrected chi connectivity index (χ0v) is 18.9. The molecular weight excluding hydrogens is 434 g/mol. The van der Waals surface area contributed by atoms with Gasteiger partial charge in [0.25, 0.3) is 0 Å². The van der Waals surface area contributed by atoms with Crippen LogP contribution < -0.4 is 10.2 Å². The minimum absolute atomic E-state index is 0.194. The Bertz CT molecular complexity index is 1480. The molecule has 0 bridgehead atoms. The molecule has 1 aromatic carbocycles. The van der Waals surface area contributed by atoms with E-state index in [0.29, 0.717) is 5.16 Å². The van der Waals surface area contributed by atoms with Crippen LogP contribution in [0.1, 0.15) is 6.42 Å². The van der Waals surface area contributed by atoms with Gasteiger partial charge in [-0.2, -0.15) is 0 Å². The second-order valence-corrected chi connectivity index (χ2v) is 9.30. The highest BCUT2D eigenvalue weighted by molar-refractivity contribution is 7.99. The van der Waals surface area contributed by atoms with E-state index in [1.807, 2.05) is 43.6 Å². The lowest BCUT2D eigenvalue weighted by Crippen LogP contribution is -2.22. The maximum Gasteiger partial charge on any atom is 0.196 e. The fraction of sp³-hybridized carbons (Fsp3) is 0.250. The minimum Gasteiger partial charge on any atom is -0.396 e. The average Bonchev–Trinajstić information content (AvgIpc) is 3.48. The molecular formula is C24H23N7OS. The Hall–Kier alpha value is -3.43. The Balaban J connectivity index is 1.50. The molecule has 1 saturated heterocycles. The lowest BCUT2D eigenvalue weighted by atomic mass is 10.1. The molecule has 0 spiro atoms. The summed E-state index contributed by atoms with van der Waals surface area (Å²) in [5.74, 6) is 1.17. The van der Waals surface area contributed by atoms with Crippen molar-refractivity contribution in [1.82, 2.24) is 24.9 Å². The predicted octanol–water partition coefficient (Wildman–Crippen LogP) is 4.07. The van der Waals surface area contributed by atoms with E-state index in [4.69, 9.17) is 9.97 Å². The smallest absolute Gasteiger partial charge is 0.196 e. The zero-order chi connectivity index (χ0) is 22.4. The van der Waals surface area contributed by atoms with Crippen LogP contribution >= 0.6 is 11.8 Å². The summed E-state index contributed by atoms with van der Waals surface area (Å²) in [5, 5.41) is 15.7. The Morgan fingerprint density at radius 1 is 1.18 bits per heavy atom. The number of benzene rings is 1. The predicted molar refractivity (Wildman–Crippen MR) is 132 cm³/mol. The van der Waals surface area contributed by atoms with Gasteiger partial charge in [0.15, 0.2) is 5.16 Å². The van der Waals surface area contributed by atoms with Crippen LogP contribution in [0.5, 0.6) is 0 Å². The molecule has 33 heavy (non-hydrogen) atoms. The molecule has 0 saturated carbocycles. The minimum atomic E-state index is 0.194. The third-order valence-corrected chi connectivity index (χ3v) is 7.02. The first kappa shape index (κ1) is 20.2. The summed E-state index contributed by atoms with van der Waals surface area (Å²) in [7, 11) is 1.92. The molecule has 1 unspecified atom stereocenters. The highest BCUT2D eigenvalue weighted by atomic mass is 32.2. The van der Waals surface area contributed by atoms with Crippen molar-refractivity contribution >= 4 is 56.2 Å². The van der Waals surface area contributed by atoms with E-state index < -0.39 is 0 Å². The first-order valence-corrected chi connectivity index (χ1v) is 11.8. The summed E-state index contributed by atoms with van der Waals surface area (Å²) >= 11 is 1.48. The molecule has 0 amide bonds. The van der Waals surface area contributed by atoms with E-state index in [9.17, 15) is 5.11 Å². The van der Waals surface area contributed by atoms with E-state index in [2.05, 4.69) is 31.2 Å². The molecule has 1 atom stereocenters. The zero-order valence-electron chi connectivity index (χ0n) is 18.1. The number of H-pyrrole nitrogens is 1. The summed E-state index contributed by atoms with van der Waals surface area (Å²) in [4.78, 5) is 25.6. The lowest BCUT2D eigenvalue weighted by Gasteiger charge is -2.19. The highest BCUT2D eigenvalue weighted by Gasteiger charge is 2.27. The molecule has 0 radical (unpaired) electrons. The number of anilines is 2. The third-order valence-electron chi connectivity index (χ3n) is 6.19. The monoisotopic (exact) mass is 457 g/mol. The molecule has 5 aromatic rings. The number of rotatable bonds is 5. The topological polar surface area (TPSA) is 103 Å². The molecule has 4 aromatic heterocycles. The molecule has 8 nitrogen and oxygen atoms in total. The molecule has 9 heteroatoms. The number of aromatic amines is 1. The van der Waals surface area contributed by atoms with Gasteiger partial charge in [-0.15, -0.1) is 0 Å². The maximum atomic E-state index is 9.69. The summed E-state index contributed by atoms with van der Waals surface area (Å²) in [6, 6.07) is 12.0.